The number of methoxy groups -OCH3 is 1. The zero-order chi connectivity index (χ0) is 22.0. The molecule has 1 atom stereocenters. The van der Waals surface area contributed by atoms with Crippen LogP contribution in [0.5, 0.6) is 5.75 Å². The highest BCUT2D eigenvalue weighted by atomic mass is 16.5. The van der Waals surface area contributed by atoms with E-state index in [1.54, 1.807) is 24.1 Å². The molecule has 1 N–H and O–H groups in total. The third-order valence-corrected chi connectivity index (χ3v) is 5.63. The van der Waals surface area contributed by atoms with E-state index in [4.69, 9.17) is 9.15 Å². The van der Waals surface area contributed by atoms with E-state index >= 15 is 0 Å². The van der Waals surface area contributed by atoms with Crippen LogP contribution < -0.4 is 5.43 Å². The van der Waals surface area contributed by atoms with Crippen molar-refractivity contribution in [2.75, 3.05) is 13.7 Å². The largest absolute Gasteiger partial charge is 0.502 e. The van der Waals surface area contributed by atoms with Gasteiger partial charge in [-0.25, -0.2) is 0 Å². The van der Waals surface area contributed by atoms with Crippen molar-refractivity contribution in [2.24, 2.45) is 7.05 Å². The molecule has 0 aliphatic carbocycles. The predicted molar refractivity (Wildman–Crippen MR) is 113 cm³/mol. The number of ether oxygens (including phenoxy) is 1. The monoisotopic (exact) mass is 423 g/mol. The quantitative estimate of drug-likeness (QED) is 0.608. The van der Waals surface area contributed by atoms with Crippen molar-refractivity contribution in [3.05, 3.63) is 81.2 Å². The van der Waals surface area contributed by atoms with Crippen molar-refractivity contribution >= 4 is 5.97 Å². The first kappa shape index (κ1) is 20.9. The third-order valence-electron chi connectivity index (χ3n) is 5.63. The van der Waals surface area contributed by atoms with Gasteiger partial charge in [0.15, 0.2) is 5.76 Å². The highest BCUT2D eigenvalue weighted by Crippen LogP contribution is 2.33. The van der Waals surface area contributed by atoms with E-state index in [0.717, 1.165) is 19.5 Å². The van der Waals surface area contributed by atoms with Crippen LogP contribution in [0.15, 0.2) is 51.9 Å². The molecule has 1 aliphatic heterocycles. The number of benzene rings is 1. The lowest BCUT2D eigenvalue weighted by molar-refractivity contribution is -0.140. The molecule has 0 saturated heterocycles. The summed E-state index contributed by atoms with van der Waals surface area (Å²) in [7, 11) is 3.04. The highest BCUT2D eigenvalue weighted by molar-refractivity contribution is 5.71. The first-order valence-corrected chi connectivity index (χ1v) is 10.1. The van der Waals surface area contributed by atoms with Crippen molar-refractivity contribution in [3.63, 3.8) is 0 Å². The topological polar surface area (TPSA) is 97.8 Å². The summed E-state index contributed by atoms with van der Waals surface area (Å²) in [6, 6.07) is 9.62. The van der Waals surface area contributed by atoms with Crippen LogP contribution in [0.2, 0.25) is 0 Å². The Morgan fingerprint density at radius 1 is 1.32 bits per heavy atom. The molecule has 8 nitrogen and oxygen atoms in total. The van der Waals surface area contributed by atoms with Crippen LogP contribution in [0.3, 0.4) is 0 Å². The van der Waals surface area contributed by atoms with Gasteiger partial charge in [-0.1, -0.05) is 24.3 Å². The van der Waals surface area contributed by atoms with Gasteiger partial charge >= 0.3 is 5.97 Å². The van der Waals surface area contributed by atoms with Gasteiger partial charge in [0.2, 0.25) is 11.2 Å². The Hall–Kier alpha value is -3.39. The zero-order valence-electron chi connectivity index (χ0n) is 17.6. The molecule has 162 valence electrons. The summed E-state index contributed by atoms with van der Waals surface area (Å²) in [5.41, 5.74) is 2.71. The van der Waals surface area contributed by atoms with Gasteiger partial charge in [-0.15, -0.1) is 0 Å². The highest BCUT2D eigenvalue weighted by Gasteiger charge is 2.28. The van der Waals surface area contributed by atoms with E-state index in [1.807, 2.05) is 12.1 Å². The average molecular weight is 423 g/mol. The Morgan fingerprint density at radius 3 is 2.81 bits per heavy atom. The summed E-state index contributed by atoms with van der Waals surface area (Å²) < 4.78 is 12.4. The van der Waals surface area contributed by atoms with Crippen molar-refractivity contribution in [1.29, 1.82) is 0 Å². The van der Waals surface area contributed by atoms with Crippen LogP contribution in [0, 0.1) is 0 Å². The summed E-state index contributed by atoms with van der Waals surface area (Å²) in [6.07, 6.45) is 4.15. The molecule has 3 aromatic rings. The number of aromatic nitrogens is 2. The lowest BCUT2D eigenvalue weighted by atomic mass is 9.94. The van der Waals surface area contributed by atoms with Crippen molar-refractivity contribution in [1.82, 2.24) is 14.7 Å². The molecular weight excluding hydrogens is 398 g/mol. The fourth-order valence-corrected chi connectivity index (χ4v) is 4.01. The number of hydrogen-bond donors (Lipinski definition) is 1. The molecule has 0 spiro atoms. The first-order valence-electron chi connectivity index (χ1n) is 10.1. The lowest BCUT2D eigenvalue weighted by Crippen LogP contribution is -2.30. The molecule has 1 aliphatic rings. The van der Waals surface area contributed by atoms with Crippen molar-refractivity contribution in [2.45, 2.75) is 31.8 Å². The maximum Gasteiger partial charge on any atom is 0.306 e. The van der Waals surface area contributed by atoms with Crippen LogP contribution in [-0.2, 0) is 36.1 Å². The molecule has 2 aromatic heterocycles. The Kier molecular flexibility index (Phi) is 5.90. The number of fused-ring (bicyclic) bond motifs is 1. The minimum Gasteiger partial charge on any atom is -0.502 e. The second-order valence-electron chi connectivity index (χ2n) is 7.80. The van der Waals surface area contributed by atoms with Gasteiger partial charge in [0, 0.05) is 38.0 Å². The number of aromatic hydroxyl groups is 1. The number of esters is 1. The smallest absolute Gasteiger partial charge is 0.306 e. The Labute approximate surface area is 179 Å². The molecule has 3 heterocycles. The number of hydrogen-bond acceptors (Lipinski definition) is 7. The van der Waals surface area contributed by atoms with Gasteiger partial charge in [-0.05, 0) is 17.5 Å². The van der Waals surface area contributed by atoms with E-state index in [9.17, 15) is 14.7 Å². The van der Waals surface area contributed by atoms with Gasteiger partial charge in [0.1, 0.15) is 5.76 Å². The molecule has 0 saturated carbocycles. The Balaban J connectivity index is 1.65. The van der Waals surface area contributed by atoms with E-state index in [2.05, 4.69) is 22.1 Å². The maximum absolute atomic E-state index is 12.5. The van der Waals surface area contributed by atoms with Gasteiger partial charge in [0.25, 0.3) is 0 Å². The fraction of sp³-hybridized carbons (Fsp3) is 0.348. The molecule has 0 amide bonds. The fourth-order valence-electron chi connectivity index (χ4n) is 4.01. The van der Waals surface area contributed by atoms with Crippen LogP contribution in [0.25, 0.3) is 0 Å². The minimum absolute atomic E-state index is 0.0540. The molecule has 0 fully saturated rings. The maximum atomic E-state index is 12.5. The van der Waals surface area contributed by atoms with Crippen molar-refractivity contribution < 1.29 is 19.1 Å². The van der Waals surface area contributed by atoms with E-state index in [-0.39, 0.29) is 12.2 Å². The molecule has 31 heavy (non-hydrogen) atoms. The Morgan fingerprint density at radius 2 is 2.10 bits per heavy atom. The summed E-state index contributed by atoms with van der Waals surface area (Å²) >= 11 is 0. The van der Waals surface area contributed by atoms with Crippen LogP contribution in [-0.4, -0.2) is 39.4 Å². The van der Waals surface area contributed by atoms with Crippen LogP contribution in [0.1, 0.15) is 40.5 Å². The van der Waals surface area contributed by atoms with Crippen LogP contribution in [0.4, 0.5) is 0 Å². The van der Waals surface area contributed by atoms with E-state index in [0.29, 0.717) is 17.9 Å². The molecule has 0 radical (unpaired) electrons. The van der Waals surface area contributed by atoms with Crippen LogP contribution >= 0.6 is 0 Å². The summed E-state index contributed by atoms with van der Waals surface area (Å²) in [5, 5.41) is 14.6. The molecule has 0 bridgehead atoms. The zero-order valence-corrected chi connectivity index (χ0v) is 17.6. The summed E-state index contributed by atoms with van der Waals surface area (Å²) in [5.74, 6) is -1.16. The first-order chi connectivity index (χ1) is 14.9. The number of aryl methyl sites for hydroxylation is 1. The van der Waals surface area contributed by atoms with E-state index < -0.39 is 23.1 Å². The molecule has 4 rings (SSSR count). The number of carbonyl (C=O) groups excluding carboxylic acids is 1. The van der Waals surface area contributed by atoms with Gasteiger partial charge in [0.05, 0.1) is 32.2 Å². The van der Waals surface area contributed by atoms with Gasteiger partial charge in [-0.2, -0.15) is 5.10 Å². The summed E-state index contributed by atoms with van der Waals surface area (Å²) in [6.45, 7) is 2.02. The molecule has 8 heteroatoms. The molecule has 1 aromatic carbocycles. The minimum atomic E-state index is -0.684. The number of rotatable bonds is 6. The number of nitrogens with zero attached hydrogens (tertiary/aromatic N) is 3. The molecule has 0 unspecified atom stereocenters. The predicted octanol–water partition coefficient (Wildman–Crippen LogP) is 2.33. The second-order valence-corrected chi connectivity index (χ2v) is 7.80. The normalized spacial score (nSPS) is 14.8. The standard InChI is InChI=1S/C23H25N3O5/c1-25-12-17(11-24-25)19(10-21(28)30-2)23-22(29)20(27)9-18(31-23)14-26-8-7-15-5-3-4-6-16(15)13-26/h3-6,9,11-12,19,29H,7-8,10,13-14H2,1-2H3/t19-/m1/s1. The third kappa shape index (κ3) is 4.54. The average Bonchev–Trinajstić information content (AvgIpc) is 3.20. The second kappa shape index (κ2) is 8.77. The molecular formula is C23H25N3O5. The summed E-state index contributed by atoms with van der Waals surface area (Å²) in [4.78, 5) is 26.8. The Bertz CT molecular complexity index is 1150. The lowest BCUT2D eigenvalue weighted by Gasteiger charge is -2.28. The van der Waals surface area contributed by atoms with Crippen molar-refractivity contribution in [3.8, 4) is 5.75 Å². The van der Waals surface area contributed by atoms with Gasteiger partial charge in [-0.3, -0.25) is 19.2 Å². The van der Waals surface area contributed by atoms with E-state index in [1.165, 1.54) is 24.3 Å². The van der Waals surface area contributed by atoms with Gasteiger partial charge < -0.3 is 14.3 Å². The number of carbonyl (C=O) groups is 1. The SMILES string of the molecule is COC(=O)C[C@H](c1cnn(C)c1)c1oc(CN2CCc3ccccc3C2)cc(=O)c1O.